The van der Waals surface area contributed by atoms with Gasteiger partial charge in [0.2, 0.25) is 0 Å². The summed E-state index contributed by atoms with van der Waals surface area (Å²) < 4.78 is 0.957. The summed E-state index contributed by atoms with van der Waals surface area (Å²) in [5.74, 6) is -1.23. The van der Waals surface area contributed by atoms with Crippen molar-refractivity contribution in [2.75, 3.05) is 4.90 Å². The van der Waals surface area contributed by atoms with Gasteiger partial charge in [-0.25, -0.2) is 4.98 Å². The first-order valence-electron chi connectivity index (χ1n) is 12.2. The lowest BCUT2D eigenvalue weighted by Gasteiger charge is -2.23. The van der Waals surface area contributed by atoms with Crippen LogP contribution < -0.4 is 4.90 Å². The largest absolute Gasteiger partial charge is 0.507 e. The van der Waals surface area contributed by atoms with E-state index in [1.165, 1.54) is 21.8 Å². The van der Waals surface area contributed by atoms with Crippen LogP contribution in [0, 0.1) is 6.92 Å². The fraction of sp³-hybridized carbons (Fsp3) is 0.233. The van der Waals surface area contributed by atoms with Crippen molar-refractivity contribution in [3.05, 3.63) is 100 Å². The van der Waals surface area contributed by atoms with Gasteiger partial charge in [0.15, 0.2) is 5.13 Å². The Hall–Kier alpha value is -3.77. The number of aliphatic hydroxyl groups is 1. The minimum atomic E-state index is -0.779. The molecule has 1 amide bonds. The molecule has 1 atom stereocenters. The van der Waals surface area contributed by atoms with E-state index in [1.54, 1.807) is 12.1 Å². The van der Waals surface area contributed by atoms with Gasteiger partial charge in [0, 0.05) is 5.56 Å². The quantitative estimate of drug-likeness (QED) is 0.185. The van der Waals surface area contributed by atoms with Gasteiger partial charge in [0.05, 0.1) is 21.8 Å². The molecule has 3 aromatic carbocycles. The Labute approximate surface area is 214 Å². The van der Waals surface area contributed by atoms with Gasteiger partial charge in [0.25, 0.3) is 5.78 Å². The number of fused-ring (bicyclic) bond motifs is 1. The van der Waals surface area contributed by atoms with Gasteiger partial charge < -0.3 is 5.11 Å². The number of amides is 1. The van der Waals surface area contributed by atoms with Crippen molar-refractivity contribution in [1.82, 2.24) is 4.98 Å². The maximum Gasteiger partial charge on any atom is 0.301 e. The highest BCUT2D eigenvalue weighted by molar-refractivity contribution is 7.22. The van der Waals surface area contributed by atoms with Gasteiger partial charge in [-0.2, -0.15) is 0 Å². The first-order valence-corrected chi connectivity index (χ1v) is 13.0. The average molecular weight is 497 g/mol. The lowest BCUT2D eigenvalue weighted by molar-refractivity contribution is -0.132. The van der Waals surface area contributed by atoms with Crippen molar-refractivity contribution in [2.45, 2.75) is 46.1 Å². The first-order chi connectivity index (χ1) is 17.3. The third-order valence-electron chi connectivity index (χ3n) is 6.74. The molecule has 2 heterocycles. The number of rotatable bonds is 5. The SMILES string of the molecule is CCc1ccc2nc(N3C(=O)C(=O)C(=C(O)c4ccc(C)cc4)[C@H]3c3ccc(C(C)C)cc3)sc2c1. The third-order valence-corrected chi connectivity index (χ3v) is 7.76. The van der Waals surface area contributed by atoms with E-state index in [4.69, 9.17) is 4.98 Å². The van der Waals surface area contributed by atoms with Crippen LogP contribution in [0.4, 0.5) is 5.13 Å². The molecule has 4 aromatic rings. The Kier molecular flexibility index (Phi) is 6.22. The topological polar surface area (TPSA) is 70.5 Å². The fourth-order valence-electron chi connectivity index (χ4n) is 4.56. The first kappa shape index (κ1) is 23.9. The summed E-state index contributed by atoms with van der Waals surface area (Å²) in [7, 11) is 0. The van der Waals surface area contributed by atoms with Crippen LogP contribution in [0.15, 0.2) is 72.3 Å². The molecule has 0 spiro atoms. The van der Waals surface area contributed by atoms with Gasteiger partial charge in [-0.1, -0.05) is 92.3 Å². The van der Waals surface area contributed by atoms with Crippen molar-refractivity contribution < 1.29 is 14.7 Å². The Bertz CT molecular complexity index is 1500. The highest BCUT2D eigenvalue weighted by Gasteiger charge is 2.48. The zero-order valence-electron chi connectivity index (χ0n) is 20.8. The van der Waals surface area contributed by atoms with Crippen LogP contribution in [-0.4, -0.2) is 21.8 Å². The summed E-state index contributed by atoms with van der Waals surface area (Å²) in [6.07, 6.45) is 0.895. The Morgan fingerprint density at radius 2 is 1.72 bits per heavy atom. The van der Waals surface area contributed by atoms with Crippen LogP contribution in [0.1, 0.15) is 60.5 Å². The number of aliphatic hydroxyl groups excluding tert-OH is 1. The standard InChI is InChI=1S/C30H28N2O3S/c1-5-19-8-15-23-24(16-19)36-30(31-23)32-26(21-13-11-20(12-14-21)17(2)3)25(28(34)29(32)35)27(33)22-9-6-18(4)7-10-22/h6-17,26,33H,5H2,1-4H3/t26-/m1/s1. The molecule has 0 saturated carbocycles. The van der Waals surface area contributed by atoms with Crippen molar-refractivity contribution in [3.63, 3.8) is 0 Å². The number of benzene rings is 3. The lowest BCUT2D eigenvalue weighted by Crippen LogP contribution is -2.29. The number of thiazole rings is 1. The van der Waals surface area contributed by atoms with Crippen LogP contribution in [0.5, 0.6) is 0 Å². The molecular weight excluding hydrogens is 468 g/mol. The van der Waals surface area contributed by atoms with Crippen molar-refractivity contribution >= 4 is 44.1 Å². The van der Waals surface area contributed by atoms with Gasteiger partial charge in [0.1, 0.15) is 5.76 Å². The summed E-state index contributed by atoms with van der Waals surface area (Å²) in [6.45, 7) is 8.28. The number of aryl methyl sites for hydroxylation is 2. The molecule has 5 nitrogen and oxygen atoms in total. The van der Waals surface area contributed by atoms with Gasteiger partial charge in [-0.15, -0.1) is 0 Å². The molecule has 182 valence electrons. The number of carbonyl (C=O) groups excluding carboxylic acids is 2. The van der Waals surface area contributed by atoms with Crippen LogP contribution in [0.25, 0.3) is 16.0 Å². The number of hydrogen-bond donors (Lipinski definition) is 1. The van der Waals surface area contributed by atoms with E-state index in [1.807, 2.05) is 55.5 Å². The Morgan fingerprint density at radius 1 is 1.03 bits per heavy atom. The van der Waals surface area contributed by atoms with Crippen LogP contribution >= 0.6 is 11.3 Å². The third kappa shape index (κ3) is 4.11. The van der Waals surface area contributed by atoms with E-state index in [2.05, 4.69) is 26.8 Å². The number of hydrogen-bond acceptors (Lipinski definition) is 5. The minimum absolute atomic E-state index is 0.0784. The summed E-state index contributed by atoms with van der Waals surface area (Å²) in [5.41, 5.74) is 5.48. The molecule has 36 heavy (non-hydrogen) atoms. The van der Waals surface area contributed by atoms with E-state index in [-0.39, 0.29) is 11.3 Å². The number of aromatic nitrogens is 1. The summed E-state index contributed by atoms with van der Waals surface area (Å²) in [6, 6.07) is 20.4. The molecule has 0 radical (unpaired) electrons. The van der Waals surface area contributed by atoms with E-state index >= 15 is 0 Å². The van der Waals surface area contributed by atoms with E-state index < -0.39 is 17.7 Å². The van der Waals surface area contributed by atoms with Gasteiger partial charge >= 0.3 is 5.91 Å². The van der Waals surface area contributed by atoms with Crippen LogP contribution in [-0.2, 0) is 16.0 Å². The van der Waals surface area contributed by atoms with E-state index in [0.717, 1.165) is 33.3 Å². The van der Waals surface area contributed by atoms with Gasteiger partial charge in [-0.3, -0.25) is 14.5 Å². The van der Waals surface area contributed by atoms with E-state index in [9.17, 15) is 14.7 Å². The average Bonchev–Trinajstić information content (AvgIpc) is 3.41. The highest BCUT2D eigenvalue weighted by Crippen LogP contribution is 2.44. The second kappa shape index (κ2) is 9.36. The second-order valence-corrected chi connectivity index (χ2v) is 10.5. The molecule has 1 N–H and O–H groups in total. The Morgan fingerprint density at radius 3 is 2.36 bits per heavy atom. The molecule has 0 bridgehead atoms. The maximum absolute atomic E-state index is 13.5. The zero-order valence-corrected chi connectivity index (χ0v) is 21.6. The molecule has 5 rings (SSSR count). The van der Waals surface area contributed by atoms with Crippen LogP contribution in [0.3, 0.4) is 0 Å². The predicted octanol–water partition coefficient (Wildman–Crippen LogP) is 6.92. The molecule has 0 unspecified atom stereocenters. The van der Waals surface area contributed by atoms with Gasteiger partial charge in [-0.05, 0) is 48.1 Å². The van der Waals surface area contributed by atoms with Crippen molar-refractivity contribution in [1.29, 1.82) is 0 Å². The monoisotopic (exact) mass is 496 g/mol. The molecule has 6 heteroatoms. The maximum atomic E-state index is 13.5. The Balaban J connectivity index is 1.70. The van der Waals surface area contributed by atoms with Crippen molar-refractivity contribution in [3.8, 4) is 0 Å². The van der Waals surface area contributed by atoms with Crippen LogP contribution in [0.2, 0.25) is 0 Å². The molecule has 1 aromatic heterocycles. The molecule has 1 aliphatic heterocycles. The predicted molar refractivity (Wildman–Crippen MR) is 145 cm³/mol. The number of carbonyl (C=O) groups is 2. The molecule has 1 fully saturated rings. The highest BCUT2D eigenvalue weighted by atomic mass is 32.1. The van der Waals surface area contributed by atoms with E-state index in [0.29, 0.717) is 16.6 Å². The fourth-order valence-corrected chi connectivity index (χ4v) is 5.61. The zero-order chi connectivity index (χ0) is 25.6. The molecular formula is C30H28N2O3S. The molecule has 1 saturated heterocycles. The summed E-state index contributed by atoms with van der Waals surface area (Å²) in [5, 5.41) is 11.8. The number of anilines is 1. The summed E-state index contributed by atoms with van der Waals surface area (Å²) in [4.78, 5) is 33.0. The normalized spacial score (nSPS) is 17.5. The molecule has 0 aliphatic carbocycles. The lowest BCUT2D eigenvalue weighted by atomic mass is 9.93. The van der Waals surface area contributed by atoms with Crippen molar-refractivity contribution in [2.24, 2.45) is 0 Å². The minimum Gasteiger partial charge on any atom is -0.507 e. The smallest absolute Gasteiger partial charge is 0.301 e. The molecule has 1 aliphatic rings. The number of Topliss-reactive ketones (excluding diaryl/α,β-unsaturated/α-hetero) is 1. The number of nitrogens with zero attached hydrogens (tertiary/aromatic N) is 2. The number of ketones is 1. The second-order valence-electron chi connectivity index (χ2n) is 9.51. The summed E-state index contributed by atoms with van der Waals surface area (Å²) >= 11 is 1.39.